The van der Waals surface area contributed by atoms with Crippen LogP contribution in [0.15, 0.2) is 95.1 Å². The van der Waals surface area contributed by atoms with Crippen LogP contribution in [0.4, 0.5) is 11.4 Å². The first-order valence-electron chi connectivity index (χ1n) is 11.0. The van der Waals surface area contributed by atoms with Gasteiger partial charge in [0.2, 0.25) is 0 Å². The Labute approximate surface area is 195 Å². The molecule has 0 aliphatic rings. The SMILES string of the molecule is C[Si](C)(C)N(N=Cc1cccc(C=NN(c2ccccc2)[Si](C)(C)C)c1)c1ccccc1. The first kappa shape index (κ1) is 23.7. The molecule has 0 unspecified atom stereocenters. The number of anilines is 2. The molecule has 0 fully saturated rings. The molecule has 3 rings (SSSR count). The number of rotatable bonds is 8. The van der Waals surface area contributed by atoms with E-state index in [0.717, 1.165) is 22.5 Å². The Morgan fingerprint density at radius 1 is 0.531 bits per heavy atom. The molecule has 3 aromatic rings. The van der Waals surface area contributed by atoms with Crippen molar-refractivity contribution < 1.29 is 0 Å². The van der Waals surface area contributed by atoms with Crippen LogP contribution in [0.5, 0.6) is 0 Å². The molecule has 3 aromatic carbocycles. The summed E-state index contributed by atoms with van der Waals surface area (Å²) < 4.78 is 4.38. The predicted molar refractivity (Wildman–Crippen MR) is 146 cm³/mol. The van der Waals surface area contributed by atoms with Crippen molar-refractivity contribution in [1.29, 1.82) is 0 Å². The van der Waals surface area contributed by atoms with Crippen LogP contribution < -0.4 is 9.35 Å². The van der Waals surface area contributed by atoms with Crippen molar-refractivity contribution in [2.24, 2.45) is 10.2 Å². The van der Waals surface area contributed by atoms with Gasteiger partial charge in [-0.3, -0.25) is 9.35 Å². The van der Waals surface area contributed by atoms with E-state index in [1.54, 1.807) is 0 Å². The molecule has 4 nitrogen and oxygen atoms in total. The molecule has 0 saturated carbocycles. The first-order valence-corrected chi connectivity index (χ1v) is 17.9. The third-order valence-corrected chi connectivity index (χ3v) is 8.12. The maximum atomic E-state index is 4.88. The van der Waals surface area contributed by atoms with Gasteiger partial charge in [-0.2, -0.15) is 10.2 Å². The summed E-state index contributed by atoms with van der Waals surface area (Å²) in [6.45, 7) is 13.8. The lowest BCUT2D eigenvalue weighted by Gasteiger charge is -2.31. The molecule has 0 bridgehead atoms. The summed E-state index contributed by atoms with van der Waals surface area (Å²) in [5.41, 5.74) is 4.39. The van der Waals surface area contributed by atoms with Gasteiger partial charge in [-0.15, -0.1) is 0 Å². The van der Waals surface area contributed by atoms with Crippen molar-refractivity contribution in [3.63, 3.8) is 0 Å². The molecule has 0 spiro atoms. The molecule has 0 saturated heterocycles. The van der Waals surface area contributed by atoms with Crippen LogP contribution in [0.1, 0.15) is 11.1 Å². The molecule has 32 heavy (non-hydrogen) atoms. The molecular weight excluding hydrogens is 424 g/mol. The highest BCUT2D eigenvalue weighted by atomic mass is 28.3. The Balaban J connectivity index is 1.84. The fourth-order valence-corrected chi connectivity index (χ4v) is 6.02. The van der Waals surface area contributed by atoms with E-state index >= 15 is 0 Å². The van der Waals surface area contributed by atoms with Crippen LogP contribution in [0.25, 0.3) is 0 Å². The van der Waals surface area contributed by atoms with E-state index < -0.39 is 16.5 Å². The van der Waals surface area contributed by atoms with Crippen LogP contribution in [0, 0.1) is 0 Å². The summed E-state index contributed by atoms with van der Waals surface area (Å²) in [5, 5.41) is 9.76. The molecule has 0 aliphatic carbocycles. The van der Waals surface area contributed by atoms with Gasteiger partial charge in [0, 0.05) is 11.4 Å². The van der Waals surface area contributed by atoms with Gasteiger partial charge in [-0.1, -0.05) is 54.6 Å². The molecule has 0 aliphatic heterocycles. The highest BCUT2D eigenvalue weighted by Crippen LogP contribution is 2.23. The molecule has 0 radical (unpaired) electrons. The minimum atomic E-state index is -1.68. The zero-order valence-corrected chi connectivity index (χ0v) is 22.0. The number of benzene rings is 3. The highest BCUT2D eigenvalue weighted by Gasteiger charge is 2.25. The zero-order chi connectivity index (χ0) is 23.2. The number of hydrogen-bond donors (Lipinski definition) is 0. The maximum absolute atomic E-state index is 4.88. The number of hydrogen-bond acceptors (Lipinski definition) is 4. The lowest BCUT2D eigenvalue weighted by molar-refractivity contribution is 1.13. The summed E-state index contributed by atoms with van der Waals surface area (Å²) in [7, 11) is -3.35. The summed E-state index contributed by atoms with van der Waals surface area (Å²) >= 11 is 0. The lowest BCUT2D eigenvalue weighted by atomic mass is 10.1. The van der Waals surface area contributed by atoms with E-state index in [1.807, 2.05) is 24.6 Å². The number of hydrazone groups is 2. The van der Waals surface area contributed by atoms with E-state index in [0.29, 0.717) is 0 Å². The quantitative estimate of drug-likeness (QED) is 0.206. The Kier molecular flexibility index (Phi) is 7.48. The van der Waals surface area contributed by atoms with Crippen LogP contribution in [0.3, 0.4) is 0 Å². The minimum absolute atomic E-state index is 1.06. The van der Waals surface area contributed by atoms with Gasteiger partial charge in [-0.05, 0) is 80.7 Å². The summed E-state index contributed by atoms with van der Waals surface area (Å²) in [5.74, 6) is 0. The van der Waals surface area contributed by atoms with Gasteiger partial charge < -0.3 is 0 Å². The minimum Gasteiger partial charge on any atom is -0.295 e. The topological polar surface area (TPSA) is 31.2 Å². The monoisotopic (exact) mass is 458 g/mol. The normalized spacial score (nSPS) is 12.4. The standard InChI is InChI=1S/C26H34N4Si2/c1-31(2,3)29(25-16-9-7-10-17-25)27-21-23-14-13-15-24(20-23)22-28-30(32(4,5)6)26-18-11-8-12-19-26/h7-22H,1-6H3. The fourth-order valence-electron chi connectivity index (χ4n) is 3.36. The average Bonchev–Trinajstić information content (AvgIpc) is 2.74. The molecule has 0 amide bonds. The summed E-state index contributed by atoms with van der Waals surface area (Å²) in [6, 6.07) is 29.2. The molecule has 0 N–H and O–H groups in total. The van der Waals surface area contributed by atoms with Gasteiger partial charge in [0.15, 0.2) is 16.5 Å². The van der Waals surface area contributed by atoms with Crippen LogP contribution >= 0.6 is 0 Å². The van der Waals surface area contributed by atoms with E-state index in [4.69, 9.17) is 10.2 Å². The fraction of sp³-hybridized carbons (Fsp3) is 0.231. The number of nitrogens with zero attached hydrogens (tertiary/aromatic N) is 4. The van der Waals surface area contributed by atoms with E-state index in [2.05, 4.69) is 121 Å². The molecular formula is C26H34N4Si2. The van der Waals surface area contributed by atoms with Gasteiger partial charge in [0.05, 0.1) is 12.4 Å². The molecule has 166 valence electrons. The second-order valence-corrected chi connectivity index (χ2v) is 19.3. The van der Waals surface area contributed by atoms with Crippen molar-refractivity contribution >= 4 is 40.3 Å². The second kappa shape index (κ2) is 10.1. The van der Waals surface area contributed by atoms with Crippen molar-refractivity contribution in [3.05, 3.63) is 96.1 Å². The smallest absolute Gasteiger partial charge is 0.176 e. The average molecular weight is 459 g/mol. The van der Waals surface area contributed by atoms with Crippen molar-refractivity contribution in [1.82, 2.24) is 0 Å². The second-order valence-electron chi connectivity index (χ2n) is 9.80. The Morgan fingerprint density at radius 3 is 1.25 bits per heavy atom. The van der Waals surface area contributed by atoms with Gasteiger partial charge in [0.1, 0.15) is 0 Å². The molecule has 0 atom stereocenters. The third-order valence-electron chi connectivity index (χ3n) is 4.83. The summed E-state index contributed by atoms with van der Waals surface area (Å²) in [4.78, 5) is 0. The van der Waals surface area contributed by atoms with Crippen LogP contribution in [-0.4, -0.2) is 28.9 Å². The predicted octanol–water partition coefficient (Wildman–Crippen LogP) is 7.04. The molecule has 6 heteroatoms. The van der Waals surface area contributed by atoms with Crippen molar-refractivity contribution in [2.45, 2.75) is 39.3 Å². The van der Waals surface area contributed by atoms with Crippen molar-refractivity contribution in [2.75, 3.05) is 9.35 Å². The third kappa shape index (κ3) is 6.51. The van der Waals surface area contributed by atoms with E-state index in [1.165, 1.54) is 0 Å². The first-order chi connectivity index (χ1) is 15.1. The largest absolute Gasteiger partial charge is 0.295 e. The number of para-hydroxylation sites is 2. The lowest BCUT2D eigenvalue weighted by Crippen LogP contribution is -2.42. The Hall–Kier alpha value is -2.97. The van der Waals surface area contributed by atoms with Crippen LogP contribution in [-0.2, 0) is 0 Å². The Morgan fingerprint density at radius 2 is 0.906 bits per heavy atom. The van der Waals surface area contributed by atoms with E-state index in [-0.39, 0.29) is 0 Å². The van der Waals surface area contributed by atoms with Crippen LogP contribution in [0.2, 0.25) is 39.3 Å². The molecule has 0 aromatic heterocycles. The summed E-state index contributed by atoms with van der Waals surface area (Å²) in [6.07, 6.45) is 3.91. The highest BCUT2D eigenvalue weighted by molar-refractivity contribution is 6.80. The molecule has 0 heterocycles. The maximum Gasteiger partial charge on any atom is 0.176 e. The van der Waals surface area contributed by atoms with Gasteiger partial charge in [-0.25, -0.2) is 0 Å². The van der Waals surface area contributed by atoms with Gasteiger partial charge >= 0.3 is 0 Å². The van der Waals surface area contributed by atoms with Crippen molar-refractivity contribution in [3.8, 4) is 0 Å². The zero-order valence-electron chi connectivity index (χ0n) is 20.0. The van der Waals surface area contributed by atoms with E-state index in [9.17, 15) is 0 Å². The Bertz CT molecular complexity index is 970. The van der Waals surface area contributed by atoms with Gasteiger partial charge in [0.25, 0.3) is 0 Å².